The lowest BCUT2D eigenvalue weighted by Gasteiger charge is -2.02. The Hall–Kier alpha value is -1.91. The van der Waals surface area contributed by atoms with E-state index in [1.54, 1.807) is 6.20 Å². The van der Waals surface area contributed by atoms with Crippen LogP contribution in [0.25, 0.3) is 11.3 Å². The van der Waals surface area contributed by atoms with Gasteiger partial charge in [-0.3, -0.25) is 0 Å². The van der Waals surface area contributed by atoms with Crippen LogP contribution in [-0.2, 0) is 0 Å². The molecule has 1 aromatic carbocycles. The molecule has 0 radical (unpaired) electrons. The van der Waals surface area contributed by atoms with E-state index < -0.39 is 0 Å². The number of halogens is 1. The van der Waals surface area contributed by atoms with Gasteiger partial charge in [0.2, 0.25) is 0 Å². The maximum absolute atomic E-state index is 6.18. The van der Waals surface area contributed by atoms with Gasteiger partial charge in [0.15, 0.2) is 5.13 Å². The minimum Gasteiger partial charge on any atom is -0.316 e. The average molecular weight is 302 g/mol. The smallest absolute Gasteiger partial charge is 0.188 e. The second-order valence-electron chi connectivity index (χ2n) is 4.36. The van der Waals surface area contributed by atoms with E-state index in [0.717, 1.165) is 27.8 Å². The van der Waals surface area contributed by atoms with Crippen LogP contribution in [0.5, 0.6) is 0 Å². The van der Waals surface area contributed by atoms with Crippen molar-refractivity contribution in [1.82, 2.24) is 9.97 Å². The molecular formula is C15H12ClN3S. The molecule has 0 amide bonds. The van der Waals surface area contributed by atoms with E-state index in [4.69, 9.17) is 11.6 Å². The summed E-state index contributed by atoms with van der Waals surface area (Å²) < 4.78 is 0. The topological polar surface area (TPSA) is 37.8 Å². The second-order valence-corrected chi connectivity index (χ2v) is 5.63. The summed E-state index contributed by atoms with van der Waals surface area (Å²) in [6.07, 6.45) is 1.78. The van der Waals surface area contributed by atoms with Crippen molar-refractivity contribution in [2.24, 2.45) is 0 Å². The minimum absolute atomic E-state index is 0.707. The highest BCUT2D eigenvalue weighted by Crippen LogP contribution is 2.31. The lowest BCUT2D eigenvalue weighted by molar-refractivity contribution is 1.26. The zero-order chi connectivity index (χ0) is 13.9. The van der Waals surface area contributed by atoms with Gasteiger partial charge in [-0.2, -0.15) is 0 Å². The van der Waals surface area contributed by atoms with Gasteiger partial charge in [-0.25, -0.2) is 9.97 Å². The Labute approximate surface area is 126 Å². The van der Waals surface area contributed by atoms with E-state index in [2.05, 4.69) is 15.3 Å². The van der Waals surface area contributed by atoms with Crippen LogP contribution in [0.15, 0.2) is 48.0 Å². The summed E-state index contributed by atoms with van der Waals surface area (Å²) in [5, 5.41) is 6.70. The largest absolute Gasteiger partial charge is 0.316 e. The number of aromatic nitrogens is 2. The molecule has 20 heavy (non-hydrogen) atoms. The van der Waals surface area contributed by atoms with Crippen molar-refractivity contribution in [2.45, 2.75) is 6.92 Å². The Morgan fingerprint density at radius 3 is 2.85 bits per heavy atom. The predicted octanol–water partition coefficient (Wildman–Crippen LogP) is 4.91. The highest BCUT2D eigenvalue weighted by atomic mass is 35.5. The molecule has 0 saturated carbocycles. The van der Waals surface area contributed by atoms with Crippen LogP contribution >= 0.6 is 22.9 Å². The number of benzene rings is 1. The summed E-state index contributed by atoms with van der Waals surface area (Å²) in [6, 6.07) is 11.6. The standard InChI is InChI=1S/C15H12ClN3S/c1-10-6-7-17-14(8-10)19-15-18-13(9-20-15)11-4-2-3-5-12(11)16/h2-9H,1H3,(H,17,18,19). The first-order valence-corrected chi connectivity index (χ1v) is 7.38. The molecule has 0 saturated heterocycles. The number of hydrogen-bond acceptors (Lipinski definition) is 4. The van der Waals surface area contributed by atoms with Gasteiger partial charge < -0.3 is 5.32 Å². The van der Waals surface area contributed by atoms with Crippen molar-refractivity contribution in [3.63, 3.8) is 0 Å². The van der Waals surface area contributed by atoms with Gasteiger partial charge in [-0.15, -0.1) is 11.3 Å². The first kappa shape index (κ1) is 13.1. The Morgan fingerprint density at radius 1 is 1.20 bits per heavy atom. The van der Waals surface area contributed by atoms with Gasteiger partial charge >= 0.3 is 0 Å². The highest BCUT2D eigenvalue weighted by Gasteiger charge is 2.08. The van der Waals surface area contributed by atoms with Gasteiger partial charge in [0.05, 0.1) is 5.69 Å². The number of hydrogen-bond donors (Lipinski definition) is 1. The van der Waals surface area contributed by atoms with Crippen LogP contribution in [0.2, 0.25) is 5.02 Å². The molecule has 3 rings (SSSR count). The SMILES string of the molecule is Cc1ccnc(Nc2nc(-c3ccccc3Cl)cs2)c1. The molecule has 0 spiro atoms. The third-order valence-corrected chi connectivity index (χ3v) is 3.89. The van der Waals surface area contributed by atoms with Crippen molar-refractivity contribution < 1.29 is 0 Å². The van der Waals surface area contributed by atoms with Crippen molar-refractivity contribution >= 4 is 33.9 Å². The van der Waals surface area contributed by atoms with E-state index in [1.807, 2.05) is 48.7 Å². The molecule has 0 atom stereocenters. The molecule has 0 aliphatic heterocycles. The summed E-state index contributed by atoms with van der Waals surface area (Å²) in [6.45, 7) is 2.03. The van der Waals surface area contributed by atoms with E-state index in [9.17, 15) is 0 Å². The fourth-order valence-corrected chi connectivity index (χ4v) is 2.79. The molecule has 2 aromatic heterocycles. The maximum atomic E-state index is 6.18. The summed E-state index contributed by atoms with van der Waals surface area (Å²) >= 11 is 7.71. The number of anilines is 2. The van der Waals surface area contributed by atoms with Crippen LogP contribution < -0.4 is 5.32 Å². The molecule has 5 heteroatoms. The van der Waals surface area contributed by atoms with Gasteiger partial charge in [-0.1, -0.05) is 29.8 Å². The Balaban J connectivity index is 1.86. The summed E-state index contributed by atoms with van der Waals surface area (Å²) in [4.78, 5) is 8.81. The fourth-order valence-electron chi connectivity index (χ4n) is 1.84. The second kappa shape index (κ2) is 5.61. The minimum atomic E-state index is 0.707. The number of nitrogens with one attached hydrogen (secondary N) is 1. The molecular weight excluding hydrogens is 290 g/mol. The molecule has 3 aromatic rings. The molecule has 2 heterocycles. The molecule has 0 fully saturated rings. The number of pyridine rings is 1. The van der Waals surface area contributed by atoms with E-state index >= 15 is 0 Å². The third kappa shape index (κ3) is 2.81. The molecule has 0 aliphatic carbocycles. The van der Waals surface area contributed by atoms with Crippen LogP contribution in [0.4, 0.5) is 10.9 Å². The molecule has 3 nitrogen and oxygen atoms in total. The molecule has 1 N–H and O–H groups in total. The molecule has 100 valence electrons. The lowest BCUT2D eigenvalue weighted by Crippen LogP contribution is -1.93. The first-order chi connectivity index (χ1) is 9.72. The van der Waals surface area contributed by atoms with E-state index in [-0.39, 0.29) is 0 Å². The normalized spacial score (nSPS) is 10.5. The Morgan fingerprint density at radius 2 is 2.05 bits per heavy atom. The van der Waals surface area contributed by atoms with Crippen LogP contribution in [-0.4, -0.2) is 9.97 Å². The van der Waals surface area contributed by atoms with Gasteiger partial charge in [-0.05, 0) is 30.7 Å². The number of thiazole rings is 1. The fraction of sp³-hybridized carbons (Fsp3) is 0.0667. The average Bonchev–Trinajstić information content (AvgIpc) is 2.87. The van der Waals surface area contributed by atoms with Crippen molar-refractivity contribution in [1.29, 1.82) is 0 Å². The molecule has 0 unspecified atom stereocenters. The zero-order valence-electron chi connectivity index (χ0n) is 10.8. The summed E-state index contributed by atoms with van der Waals surface area (Å²) in [5.41, 5.74) is 2.97. The Kier molecular flexibility index (Phi) is 3.67. The van der Waals surface area contributed by atoms with Crippen LogP contribution in [0, 0.1) is 6.92 Å². The van der Waals surface area contributed by atoms with Gasteiger partial charge in [0, 0.05) is 22.2 Å². The van der Waals surface area contributed by atoms with E-state index in [0.29, 0.717) is 5.02 Å². The van der Waals surface area contributed by atoms with Crippen molar-refractivity contribution in [3.05, 3.63) is 58.6 Å². The summed E-state index contributed by atoms with van der Waals surface area (Å²) in [5.74, 6) is 0.796. The van der Waals surface area contributed by atoms with Crippen molar-refractivity contribution in [3.8, 4) is 11.3 Å². The first-order valence-electron chi connectivity index (χ1n) is 6.12. The number of nitrogens with zero attached hydrogens (tertiary/aromatic N) is 2. The maximum Gasteiger partial charge on any atom is 0.188 e. The van der Waals surface area contributed by atoms with Gasteiger partial charge in [0.25, 0.3) is 0 Å². The van der Waals surface area contributed by atoms with Gasteiger partial charge in [0.1, 0.15) is 5.82 Å². The van der Waals surface area contributed by atoms with Crippen molar-refractivity contribution in [2.75, 3.05) is 5.32 Å². The zero-order valence-corrected chi connectivity index (χ0v) is 12.4. The monoisotopic (exact) mass is 301 g/mol. The van der Waals surface area contributed by atoms with Crippen LogP contribution in [0.3, 0.4) is 0 Å². The quantitative estimate of drug-likeness (QED) is 0.747. The molecule has 0 aliphatic rings. The lowest BCUT2D eigenvalue weighted by atomic mass is 10.2. The third-order valence-electron chi connectivity index (χ3n) is 2.80. The van der Waals surface area contributed by atoms with Crippen LogP contribution in [0.1, 0.15) is 5.56 Å². The predicted molar refractivity (Wildman–Crippen MR) is 84.8 cm³/mol. The number of rotatable bonds is 3. The Bertz CT molecular complexity index is 739. The summed E-state index contributed by atoms with van der Waals surface area (Å²) in [7, 11) is 0. The highest BCUT2D eigenvalue weighted by molar-refractivity contribution is 7.14. The molecule has 0 bridgehead atoms. The van der Waals surface area contributed by atoms with E-state index in [1.165, 1.54) is 11.3 Å². The number of aryl methyl sites for hydroxylation is 1.